The Hall–Kier alpha value is -0.830. The highest BCUT2D eigenvalue weighted by Crippen LogP contribution is 2.27. The highest BCUT2D eigenvalue weighted by atomic mass is 15.3. The zero-order valence-electron chi connectivity index (χ0n) is 10.9. The molecule has 1 heterocycles. The van der Waals surface area contributed by atoms with Crippen molar-refractivity contribution in [3.8, 4) is 0 Å². The molecule has 2 rings (SSSR count). The Labute approximate surface area is 104 Å². The van der Waals surface area contributed by atoms with Crippen LogP contribution in [0.3, 0.4) is 0 Å². The highest BCUT2D eigenvalue weighted by molar-refractivity contribution is 5.00. The van der Waals surface area contributed by atoms with Gasteiger partial charge in [-0.2, -0.15) is 5.10 Å². The maximum absolute atomic E-state index is 5.94. The van der Waals surface area contributed by atoms with E-state index >= 15 is 0 Å². The zero-order valence-corrected chi connectivity index (χ0v) is 10.9. The van der Waals surface area contributed by atoms with Crippen LogP contribution < -0.4 is 5.73 Å². The van der Waals surface area contributed by atoms with Crippen molar-refractivity contribution in [2.45, 2.75) is 70.4 Å². The molecule has 1 aromatic rings. The fraction of sp³-hybridized carbons (Fsp3) is 0.786. The summed E-state index contributed by atoms with van der Waals surface area (Å²) in [5.41, 5.74) is 7.14. The standard InChI is InChI=1S/C14H25N3/c1-2-12(15)8-9-13-10-11-17(16-13)14-6-4-3-5-7-14/h10-12,14H,2-9,15H2,1H3. The van der Waals surface area contributed by atoms with Crippen LogP contribution in [-0.2, 0) is 6.42 Å². The minimum atomic E-state index is 0.329. The summed E-state index contributed by atoms with van der Waals surface area (Å²) in [6.07, 6.45) is 12.0. The molecule has 0 saturated heterocycles. The van der Waals surface area contributed by atoms with E-state index in [0.29, 0.717) is 12.1 Å². The summed E-state index contributed by atoms with van der Waals surface area (Å²) in [5.74, 6) is 0. The van der Waals surface area contributed by atoms with Crippen LogP contribution in [0, 0.1) is 0 Å². The first-order valence-electron chi connectivity index (χ1n) is 7.09. The van der Waals surface area contributed by atoms with Gasteiger partial charge in [-0.3, -0.25) is 4.68 Å². The molecule has 0 aromatic carbocycles. The molecule has 1 fully saturated rings. The van der Waals surface area contributed by atoms with Crippen LogP contribution in [0.4, 0.5) is 0 Å². The van der Waals surface area contributed by atoms with Crippen molar-refractivity contribution in [2.24, 2.45) is 5.73 Å². The molecule has 1 unspecified atom stereocenters. The molecular weight excluding hydrogens is 210 g/mol. The quantitative estimate of drug-likeness (QED) is 0.852. The molecule has 96 valence electrons. The van der Waals surface area contributed by atoms with E-state index < -0.39 is 0 Å². The average molecular weight is 235 g/mol. The van der Waals surface area contributed by atoms with E-state index in [0.717, 1.165) is 19.3 Å². The molecule has 0 spiro atoms. The van der Waals surface area contributed by atoms with Crippen molar-refractivity contribution in [3.05, 3.63) is 18.0 Å². The van der Waals surface area contributed by atoms with Crippen molar-refractivity contribution in [1.29, 1.82) is 0 Å². The Balaban J connectivity index is 1.86. The van der Waals surface area contributed by atoms with Crippen LogP contribution in [0.1, 0.15) is 63.6 Å². The highest BCUT2D eigenvalue weighted by Gasteiger charge is 2.15. The van der Waals surface area contributed by atoms with E-state index in [-0.39, 0.29) is 0 Å². The van der Waals surface area contributed by atoms with Gasteiger partial charge in [0, 0.05) is 12.2 Å². The second-order valence-corrected chi connectivity index (χ2v) is 5.29. The number of nitrogens with zero attached hydrogens (tertiary/aromatic N) is 2. The van der Waals surface area contributed by atoms with E-state index in [1.54, 1.807) is 0 Å². The predicted octanol–water partition coefficient (Wildman–Crippen LogP) is 3.06. The van der Waals surface area contributed by atoms with Crippen LogP contribution in [0.5, 0.6) is 0 Å². The Morgan fingerprint density at radius 1 is 1.41 bits per heavy atom. The third-order valence-corrected chi connectivity index (χ3v) is 3.91. The lowest BCUT2D eigenvalue weighted by atomic mass is 9.96. The van der Waals surface area contributed by atoms with Gasteiger partial charge in [-0.1, -0.05) is 26.2 Å². The monoisotopic (exact) mass is 235 g/mol. The smallest absolute Gasteiger partial charge is 0.0625 e. The summed E-state index contributed by atoms with van der Waals surface area (Å²) in [5, 5.41) is 4.70. The maximum atomic E-state index is 5.94. The lowest BCUT2D eigenvalue weighted by molar-refractivity contribution is 0.328. The maximum Gasteiger partial charge on any atom is 0.0625 e. The number of aromatic nitrogens is 2. The van der Waals surface area contributed by atoms with Crippen LogP contribution in [0.2, 0.25) is 0 Å². The Morgan fingerprint density at radius 2 is 2.18 bits per heavy atom. The largest absolute Gasteiger partial charge is 0.328 e. The minimum absolute atomic E-state index is 0.329. The van der Waals surface area contributed by atoms with Gasteiger partial charge in [0.2, 0.25) is 0 Å². The number of rotatable bonds is 5. The Bertz CT molecular complexity index is 326. The molecule has 3 nitrogen and oxygen atoms in total. The molecule has 1 atom stereocenters. The first kappa shape index (κ1) is 12.6. The van der Waals surface area contributed by atoms with Gasteiger partial charge in [-0.05, 0) is 38.2 Å². The summed E-state index contributed by atoms with van der Waals surface area (Å²) < 4.78 is 2.19. The molecular formula is C14H25N3. The van der Waals surface area contributed by atoms with Gasteiger partial charge in [0.15, 0.2) is 0 Å². The second kappa shape index (κ2) is 6.20. The van der Waals surface area contributed by atoms with E-state index in [1.165, 1.54) is 37.8 Å². The number of aryl methyl sites for hydroxylation is 1. The topological polar surface area (TPSA) is 43.8 Å². The Morgan fingerprint density at radius 3 is 2.88 bits per heavy atom. The summed E-state index contributed by atoms with van der Waals surface area (Å²) in [6, 6.07) is 3.14. The molecule has 0 bridgehead atoms. The van der Waals surface area contributed by atoms with E-state index in [9.17, 15) is 0 Å². The Kier molecular flexibility index (Phi) is 4.60. The third kappa shape index (κ3) is 3.56. The van der Waals surface area contributed by atoms with Gasteiger partial charge >= 0.3 is 0 Å². The van der Waals surface area contributed by atoms with Crippen molar-refractivity contribution in [3.63, 3.8) is 0 Å². The first-order valence-corrected chi connectivity index (χ1v) is 7.09. The SMILES string of the molecule is CCC(N)CCc1ccn(C2CCCCC2)n1. The van der Waals surface area contributed by atoms with Crippen molar-refractivity contribution < 1.29 is 0 Å². The number of hydrogen-bond donors (Lipinski definition) is 1. The predicted molar refractivity (Wildman–Crippen MR) is 70.9 cm³/mol. The molecule has 1 aliphatic rings. The fourth-order valence-electron chi connectivity index (χ4n) is 2.60. The van der Waals surface area contributed by atoms with Gasteiger partial charge in [0.1, 0.15) is 0 Å². The molecule has 0 amide bonds. The average Bonchev–Trinajstić information content (AvgIpc) is 2.86. The summed E-state index contributed by atoms with van der Waals surface area (Å²) >= 11 is 0. The van der Waals surface area contributed by atoms with Crippen molar-refractivity contribution in [2.75, 3.05) is 0 Å². The third-order valence-electron chi connectivity index (χ3n) is 3.91. The molecule has 17 heavy (non-hydrogen) atoms. The molecule has 3 heteroatoms. The van der Waals surface area contributed by atoms with Crippen LogP contribution in [0.15, 0.2) is 12.3 Å². The summed E-state index contributed by atoms with van der Waals surface area (Å²) in [7, 11) is 0. The second-order valence-electron chi connectivity index (χ2n) is 5.29. The normalized spacial score (nSPS) is 19.4. The van der Waals surface area contributed by atoms with Crippen molar-refractivity contribution >= 4 is 0 Å². The number of hydrogen-bond acceptors (Lipinski definition) is 2. The van der Waals surface area contributed by atoms with Gasteiger partial charge in [0.25, 0.3) is 0 Å². The van der Waals surface area contributed by atoms with E-state index in [4.69, 9.17) is 10.8 Å². The van der Waals surface area contributed by atoms with Crippen molar-refractivity contribution in [1.82, 2.24) is 9.78 Å². The van der Waals surface area contributed by atoms with Crippen LogP contribution >= 0.6 is 0 Å². The minimum Gasteiger partial charge on any atom is -0.328 e. The summed E-state index contributed by atoms with van der Waals surface area (Å²) in [4.78, 5) is 0. The summed E-state index contributed by atoms with van der Waals surface area (Å²) in [6.45, 7) is 2.14. The van der Waals surface area contributed by atoms with Gasteiger partial charge in [-0.15, -0.1) is 0 Å². The molecule has 1 aliphatic carbocycles. The molecule has 1 saturated carbocycles. The zero-order chi connectivity index (χ0) is 12.1. The molecule has 0 radical (unpaired) electrons. The van der Waals surface area contributed by atoms with Crippen LogP contribution in [-0.4, -0.2) is 15.8 Å². The number of nitrogens with two attached hydrogens (primary N) is 1. The van der Waals surface area contributed by atoms with Gasteiger partial charge in [0.05, 0.1) is 11.7 Å². The van der Waals surface area contributed by atoms with Gasteiger partial charge < -0.3 is 5.73 Å². The van der Waals surface area contributed by atoms with Crippen LogP contribution in [0.25, 0.3) is 0 Å². The van der Waals surface area contributed by atoms with Gasteiger partial charge in [-0.25, -0.2) is 0 Å². The van der Waals surface area contributed by atoms with E-state index in [2.05, 4.69) is 23.9 Å². The molecule has 2 N–H and O–H groups in total. The van der Waals surface area contributed by atoms with E-state index in [1.807, 2.05) is 0 Å². The first-order chi connectivity index (χ1) is 8.29. The lowest BCUT2D eigenvalue weighted by Gasteiger charge is -2.21. The molecule has 1 aromatic heterocycles. The lowest BCUT2D eigenvalue weighted by Crippen LogP contribution is -2.19. The molecule has 0 aliphatic heterocycles. The fourth-order valence-corrected chi connectivity index (χ4v) is 2.60.